The third-order valence-corrected chi connectivity index (χ3v) is 11.2. The van der Waals surface area contributed by atoms with Gasteiger partial charge in [0.25, 0.3) is 0 Å². The van der Waals surface area contributed by atoms with Gasteiger partial charge in [-0.1, -0.05) is 249 Å². The van der Waals surface area contributed by atoms with Crippen molar-refractivity contribution in [3.63, 3.8) is 0 Å². The van der Waals surface area contributed by atoms with Gasteiger partial charge in [0.2, 0.25) is 0 Å². The predicted octanol–water partition coefficient (Wildman–Crippen LogP) is 16.7. The van der Waals surface area contributed by atoms with E-state index in [1.807, 2.05) is 30.4 Å². The Labute approximate surface area is 371 Å². The first-order valence-electron chi connectivity index (χ1n) is 25.7. The van der Waals surface area contributed by atoms with E-state index in [2.05, 4.69) is 39.0 Å². The van der Waals surface area contributed by atoms with Crippen LogP contribution in [0.15, 0.2) is 48.6 Å². The molecule has 0 aliphatic heterocycles. The van der Waals surface area contributed by atoms with Crippen molar-refractivity contribution >= 4 is 17.9 Å². The molecule has 0 saturated carbocycles. The SMILES string of the molecule is CC/C=C/C=C/C=C/C=C/CCCCCC(=O)OCC(COC(=O)CCCCCCCCCCCCCCCCC)OC(=O)CCCCCCCCCCCCCCCC. The number of ether oxygens (including phenoxy) is 3. The monoisotopic (exact) mass is 841 g/mol. The molecule has 0 aromatic heterocycles. The fourth-order valence-electron chi connectivity index (χ4n) is 7.34. The van der Waals surface area contributed by atoms with Gasteiger partial charge in [0.15, 0.2) is 6.10 Å². The van der Waals surface area contributed by atoms with Crippen LogP contribution in [0.3, 0.4) is 0 Å². The number of hydrogen-bond acceptors (Lipinski definition) is 6. The highest BCUT2D eigenvalue weighted by Gasteiger charge is 2.19. The van der Waals surface area contributed by atoms with Gasteiger partial charge in [0.1, 0.15) is 13.2 Å². The molecule has 0 radical (unpaired) electrons. The maximum Gasteiger partial charge on any atom is 0.306 e. The van der Waals surface area contributed by atoms with E-state index in [9.17, 15) is 14.4 Å². The molecule has 60 heavy (non-hydrogen) atoms. The van der Waals surface area contributed by atoms with Crippen LogP contribution in [0.25, 0.3) is 0 Å². The molecule has 0 N–H and O–H groups in total. The summed E-state index contributed by atoms with van der Waals surface area (Å²) in [4.78, 5) is 37.9. The molecule has 0 fully saturated rings. The Morgan fingerprint density at radius 1 is 0.350 bits per heavy atom. The molecule has 1 unspecified atom stereocenters. The molecule has 0 rings (SSSR count). The Balaban J connectivity index is 4.39. The zero-order valence-corrected chi connectivity index (χ0v) is 39.7. The van der Waals surface area contributed by atoms with E-state index in [0.717, 1.165) is 70.6 Å². The number of carbonyl (C=O) groups is 3. The molecular weight excluding hydrogens is 745 g/mol. The Kier molecular flexibility index (Phi) is 46.9. The average Bonchev–Trinajstić information content (AvgIpc) is 3.24. The Hall–Kier alpha value is -2.63. The largest absolute Gasteiger partial charge is 0.462 e. The van der Waals surface area contributed by atoms with Gasteiger partial charge >= 0.3 is 17.9 Å². The summed E-state index contributed by atoms with van der Waals surface area (Å²) in [5.74, 6) is -0.913. The van der Waals surface area contributed by atoms with Gasteiger partial charge in [-0.05, 0) is 38.5 Å². The molecule has 0 saturated heterocycles. The van der Waals surface area contributed by atoms with Crippen molar-refractivity contribution in [1.82, 2.24) is 0 Å². The van der Waals surface area contributed by atoms with Crippen LogP contribution < -0.4 is 0 Å². The molecule has 0 aromatic rings. The maximum atomic E-state index is 12.8. The first kappa shape index (κ1) is 57.4. The minimum absolute atomic E-state index is 0.0820. The van der Waals surface area contributed by atoms with Crippen LogP contribution >= 0.6 is 0 Å². The molecule has 348 valence electrons. The van der Waals surface area contributed by atoms with Crippen molar-refractivity contribution in [1.29, 1.82) is 0 Å². The standard InChI is InChI=1S/C54H96O6/c1-4-7-10-13-16-19-22-25-27-30-32-35-38-41-44-47-53(56)59-50-51(49-58-52(55)46-43-40-37-34-31-28-24-21-18-15-12-9-6-3)60-54(57)48-45-42-39-36-33-29-26-23-20-17-14-11-8-5-2/h9,12,15,18,21,24,28,31,51H,4-8,10-11,13-14,16-17,19-20,22-23,25-27,29-30,32-50H2,1-3H3/b12-9+,18-15+,24-21+,31-28+. The van der Waals surface area contributed by atoms with Gasteiger partial charge in [-0.2, -0.15) is 0 Å². The van der Waals surface area contributed by atoms with Crippen LogP contribution in [0, 0.1) is 0 Å². The summed E-state index contributed by atoms with van der Waals surface area (Å²) in [6.45, 7) is 6.48. The lowest BCUT2D eigenvalue weighted by atomic mass is 10.0. The lowest BCUT2D eigenvalue weighted by Gasteiger charge is -2.18. The quantitative estimate of drug-likeness (QED) is 0.0263. The molecule has 0 aromatic carbocycles. The average molecular weight is 841 g/mol. The van der Waals surface area contributed by atoms with Crippen LogP contribution in [0.5, 0.6) is 0 Å². The highest BCUT2D eigenvalue weighted by molar-refractivity contribution is 5.71. The lowest BCUT2D eigenvalue weighted by Crippen LogP contribution is -2.30. The van der Waals surface area contributed by atoms with E-state index in [1.54, 1.807) is 0 Å². The molecule has 0 amide bonds. The van der Waals surface area contributed by atoms with Crippen molar-refractivity contribution in [2.45, 2.75) is 264 Å². The fraction of sp³-hybridized carbons (Fsp3) is 0.796. The Morgan fingerprint density at radius 3 is 1.02 bits per heavy atom. The zero-order chi connectivity index (χ0) is 43.7. The van der Waals surface area contributed by atoms with E-state index in [0.29, 0.717) is 19.3 Å². The van der Waals surface area contributed by atoms with Gasteiger partial charge < -0.3 is 14.2 Å². The van der Waals surface area contributed by atoms with Crippen LogP contribution in [0.1, 0.15) is 258 Å². The van der Waals surface area contributed by atoms with Gasteiger partial charge in [0, 0.05) is 19.3 Å². The first-order chi connectivity index (χ1) is 29.5. The fourth-order valence-corrected chi connectivity index (χ4v) is 7.34. The number of carbonyl (C=O) groups excluding carboxylic acids is 3. The number of esters is 3. The van der Waals surface area contributed by atoms with Crippen molar-refractivity contribution < 1.29 is 28.6 Å². The van der Waals surface area contributed by atoms with Gasteiger partial charge in [-0.3, -0.25) is 14.4 Å². The molecule has 0 aliphatic carbocycles. The molecule has 6 nitrogen and oxygen atoms in total. The smallest absolute Gasteiger partial charge is 0.306 e. The topological polar surface area (TPSA) is 78.9 Å². The third-order valence-electron chi connectivity index (χ3n) is 11.2. The number of hydrogen-bond donors (Lipinski definition) is 0. The maximum absolute atomic E-state index is 12.8. The molecule has 6 heteroatoms. The predicted molar refractivity (Wildman–Crippen MR) is 256 cm³/mol. The number of allylic oxidation sites excluding steroid dienone is 8. The van der Waals surface area contributed by atoms with Crippen LogP contribution in [-0.4, -0.2) is 37.2 Å². The minimum atomic E-state index is -0.784. The minimum Gasteiger partial charge on any atom is -0.462 e. The normalized spacial score (nSPS) is 12.4. The molecular formula is C54H96O6. The van der Waals surface area contributed by atoms with Crippen molar-refractivity contribution in [2.75, 3.05) is 13.2 Å². The summed E-state index contributed by atoms with van der Waals surface area (Å²) < 4.78 is 16.8. The summed E-state index contributed by atoms with van der Waals surface area (Å²) in [5.41, 5.74) is 0. The van der Waals surface area contributed by atoms with Gasteiger partial charge in [-0.25, -0.2) is 0 Å². The van der Waals surface area contributed by atoms with E-state index in [1.165, 1.54) is 148 Å². The first-order valence-corrected chi connectivity index (χ1v) is 25.7. The Bertz CT molecular complexity index is 1060. The van der Waals surface area contributed by atoms with Crippen LogP contribution in [-0.2, 0) is 28.6 Å². The highest BCUT2D eigenvalue weighted by atomic mass is 16.6. The van der Waals surface area contributed by atoms with Gasteiger partial charge in [-0.15, -0.1) is 0 Å². The molecule has 0 spiro atoms. The van der Waals surface area contributed by atoms with Gasteiger partial charge in [0.05, 0.1) is 0 Å². The molecule has 0 aliphatic rings. The molecule has 1 atom stereocenters. The highest BCUT2D eigenvalue weighted by Crippen LogP contribution is 2.16. The summed E-state index contributed by atoms with van der Waals surface area (Å²) >= 11 is 0. The van der Waals surface area contributed by atoms with Crippen molar-refractivity contribution in [3.05, 3.63) is 48.6 Å². The van der Waals surface area contributed by atoms with Crippen LogP contribution in [0.4, 0.5) is 0 Å². The third kappa shape index (κ3) is 46.4. The number of rotatable bonds is 46. The van der Waals surface area contributed by atoms with Crippen LogP contribution in [0.2, 0.25) is 0 Å². The Morgan fingerprint density at radius 2 is 0.650 bits per heavy atom. The summed E-state index contributed by atoms with van der Waals surface area (Å²) in [7, 11) is 0. The van der Waals surface area contributed by atoms with Crippen molar-refractivity contribution in [3.8, 4) is 0 Å². The van der Waals surface area contributed by atoms with Crippen molar-refractivity contribution in [2.24, 2.45) is 0 Å². The van der Waals surface area contributed by atoms with E-state index in [4.69, 9.17) is 14.2 Å². The summed E-state index contributed by atoms with van der Waals surface area (Å²) in [6, 6.07) is 0. The number of unbranched alkanes of at least 4 members (excludes halogenated alkanes) is 30. The zero-order valence-electron chi connectivity index (χ0n) is 39.7. The summed E-state index contributed by atoms with van der Waals surface area (Å²) in [5, 5.41) is 0. The van der Waals surface area contributed by atoms with E-state index in [-0.39, 0.29) is 31.1 Å². The second-order valence-electron chi connectivity index (χ2n) is 17.2. The van der Waals surface area contributed by atoms with E-state index < -0.39 is 6.10 Å². The molecule has 0 heterocycles. The lowest BCUT2D eigenvalue weighted by molar-refractivity contribution is -0.167. The second-order valence-corrected chi connectivity index (χ2v) is 17.2. The molecule has 0 bridgehead atoms. The second kappa shape index (κ2) is 49.0. The summed E-state index contributed by atoms with van der Waals surface area (Å²) in [6.07, 6.45) is 58.1. The van der Waals surface area contributed by atoms with E-state index >= 15 is 0 Å².